The molecule has 0 aliphatic rings. The van der Waals surface area contributed by atoms with Gasteiger partial charge in [-0.05, 0) is 12.1 Å². The van der Waals surface area contributed by atoms with E-state index >= 15 is 0 Å². The van der Waals surface area contributed by atoms with Crippen LogP contribution < -0.4 is 0 Å². The summed E-state index contributed by atoms with van der Waals surface area (Å²) in [6, 6.07) is 2.75. The van der Waals surface area contributed by atoms with Gasteiger partial charge in [-0.1, -0.05) is 0 Å². The molecular weight excluding hydrogens is 276 g/mol. The second kappa shape index (κ2) is 6.42. The highest BCUT2D eigenvalue weighted by atomic mass is 35.5. The highest BCUT2D eigenvalue weighted by molar-refractivity contribution is 5.85. The molecular formula is C10H7Cl2F3N2. The van der Waals surface area contributed by atoms with Gasteiger partial charge in [0.15, 0.2) is 17.5 Å². The molecule has 1 aromatic carbocycles. The predicted octanol–water partition coefficient (Wildman–Crippen LogP) is 3.40. The van der Waals surface area contributed by atoms with E-state index in [-0.39, 0.29) is 36.2 Å². The van der Waals surface area contributed by atoms with Crippen molar-refractivity contribution in [2.45, 2.75) is 0 Å². The molecule has 92 valence electrons. The number of hydrogen-bond donors (Lipinski definition) is 0. The first-order chi connectivity index (χ1) is 7.18. The summed E-state index contributed by atoms with van der Waals surface area (Å²) in [6.07, 6.45) is 2.78. The Morgan fingerprint density at radius 3 is 1.88 bits per heavy atom. The van der Waals surface area contributed by atoms with Crippen LogP contribution in [0.15, 0.2) is 30.6 Å². The molecule has 0 fully saturated rings. The Bertz CT molecular complexity index is 494. The van der Waals surface area contributed by atoms with Crippen molar-refractivity contribution in [1.29, 1.82) is 0 Å². The first-order valence-electron chi connectivity index (χ1n) is 4.10. The maximum Gasteiger partial charge on any atom is 0.162 e. The number of benzene rings is 1. The lowest BCUT2D eigenvalue weighted by molar-refractivity contribution is 0.496. The van der Waals surface area contributed by atoms with Crippen molar-refractivity contribution < 1.29 is 13.2 Å². The van der Waals surface area contributed by atoms with Crippen LogP contribution in [0.4, 0.5) is 13.2 Å². The van der Waals surface area contributed by atoms with Crippen molar-refractivity contribution in [3.63, 3.8) is 0 Å². The van der Waals surface area contributed by atoms with Crippen LogP contribution in [-0.4, -0.2) is 9.97 Å². The molecule has 1 heterocycles. The van der Waals surface area contributed by atoms with Crippen LogP contribution in [0, 0.1) is 17.5 Å². The highest BCUT2D eigenvalue weighted by Crippen LogP contribution is 2.21. The number of hydrogen-bond acceptors (Lipinski definition) is 2. The van der Waals surface area contributed by atoms with E-state index in [0.29, 0.717) is 6.07 Å². The zero-order valence-corrected chi connectivity index (χ0v) is 9.86. The Balaban J connectivity index is 0.00000128. The molecule has 17 heavy (non-hydrogen) atoms. The second-order valence-electron chi connectivity index (χ2n) is 2.82. The molecule has 1 aromatic heterocycles. The highest BCUT2D eigenvalue weighted by Gasteiger charge is 2.12. The third-order valence-corrected chi connectivity index (χ3v) is 1.82. The Morgan fingerprint density at radius 1 is 0.765 bits per heavy atom. The van der Waals surface area contributed by atoms with Gasteiger partial charge < -0.3 is 0 Å². The Labute approximate surface area is 108 Å². The average Bonchev–Trinajstić information content (AvgIpc) is 2.25. The average molecular weight is 283 g/mol. The molecule has 2 nitrogen and oxygen atoms in total. The summed E-state index contributed by atoms with van der Waals surface area (Å²) in [5.41, 5.74) is -0.158. The van der Waals surface area contributed by atoms with Crippen molar-refractivity contribution in [2.24, 2.45) is 0 Å². The topological polar surface area (TPSA) is 25.8 Å². The fraction of sp³-hybridized carbons (Fsp3) is 0. The monoisotopic (exact) mass is 282 g/mol. The quantitative estimate of drug-likeness (QED) is 0.749. The maximum absolute atomic E-state index is 13.2. The summed E-state index contributed by atoms with van der Waals surface area (Å²) < 4.78 is 38.7. The van der Waals surface area contributed by atoms with Crippen LogP contribution in [-0.2, 0) is 0 Å². The molecule has 0 N–H and O–H groups in total. The molecule has 0 saturated carbocycles. The summed E-state index contributed by atoms with van der Waals surface area (Å²) in [5.74, 6) is -3.22. The first-order valence-corrected chi connectivity index (χ1v) is 4.10. The summed E-state index contributed by atoms with van der Waals surface area (Å²) in [6.45, 7) is 0. The molecule has 7 heteroatoms. The Hall–Kier alpha value is -1.33. The van der Waals surface area contributed by atoms with Gasteiger partial charge in [0.25, 0.3) is 0 Å². The summed E-state index contributed by atoms with van der Waals surface area (Å²) in [7, 11) is 0. The molecule has 0 bridgehead atoms. The van der Waals surface area contributed by atoms with E-state index in [9.17, 15) is 13.2 Å². The number of aromatic nitrogens is 2. The van der Waals surface area contributed by atoms with Crippen molar-refractivity contribution in [3.05, 3.63) is 48.0 Å². The van der Waals surface area contributed by atoms with E-state index in [0.717, 1.165) is 6.07 Å². The lowest BCUT2D eigenvalue weighted by Gasteiger charge is -2.01. The van der Waals surface area contributed by atoms with Crippen LogP contribution >= 0.6 is 24.8 Å². The molecule has 2 aromatic rings. The van der Waals surface area contributed by atoms with Crippen molar-refractivity contribution in [1.82, 2.24) is 9.97 Å². The zero-order valence-electron chi connectivity index (χ0n) is 8.23. The first kappa shape index (κ1) is 15.7. The van der Waals surface area contributed by atoms with Gasteiger partial charge in [-0.2, -0.15) is 0 Å². The summed E-state index contributed by atoms with van der Waals surface area (Å²) in [5, 5.41) is 0. The molecule has 0 atom stereocenters. The SMILES string of the molecule is Cl.Cl.Fc1cc(F)c(-c2ncccn2)cc1F. The molecule has 0 aliphatic heterocycles. The van der Waals surface area contributed by atoms with Crippen molar-refractivity contribution in [2.75, 3.05) is 0 Å². The Morgan fingerprint density at radius 2 is 1.29 bits per heavy atom. The fourth-order valence-corrected chi connectivity index (χ4v) is 1.13. The minimum atomic E-state index is -1.23. The van der Waals surface area contributed by atoms with E-state index in [1.165, 1.54) is 12.4 Å². The lowest BCUT2D eigenvalue weighted by atomic mass is 10.2. The number of rotatable bonds is 1. The minimum Gasteiger partial charge on any atom is -0.236 e. The molecule has 0 amide bonds. The van der Waals surface area contributed by atoms with Crippen LogP contribution in [0.2, 0.25) is 0 Å². The largest absolute Gasteiger partial charge is 0.236 e. The summed E-state index contributed by atoms with van der Waals surface area (Å²) >= 11 is 0. The van der Waals surface area contributed by atoms with Crippen LogP contribution in [0.1, 0.15) is 0 Å². The standard InChI is InChI=1S/C10H5F3N2.2ClH/c11-7-5-9(13)8(12)4-6(7)10-14-2-1-3-15-10;;/h1-5H;2*1H. The maximum atomic E-state index is 13.2. The van der Waals surface area contributed by atoms with Crippen LogP contribution in [0.3, 0.4) is 0 Å². The van der Waals surface area contributed by atoms with Gasteiger partial charge in [-0.15, -0.1) is 24.8 Å². The van der Waals surface area contributed by atoms with Gasteiger partial charge in [-0.25, -0.2) is 23.1 Å². The zero-order chi connectivity index (χ0) is 10.8. The number of halogens is 5. The van der Waals surface area contributed by atoms with E-state index in [1.54, 1.807) is 6.07 Å². The van der Waals surface area contributed by atoms with Gasteiger partial charge in [0.05, 0.1) is 5.56 Å². The smallest absolute Gasteiger partial charge is 0.162 e. The number of nitrogens with zero attached hydrogens (tertiary/aromatic N) is 2. The van der Waals surface area contributed by atoms with Crippen LogP contribution in [0.5, 0.6) is 0 Å². The predicted molar refractivity (Wildman–Crippen MR) is 61.8 cm³/mol. The molecule has 0 saturated heterocycles. The van der Waals surface area contributed by atoms with E-state index in [4.69, 9.17) is 0 Å². The van der Waals surface area contributed by atoms with Crippen LogP contribution in [0.25, 0.3) is 11.4 Å². The van der Waals surface area contributed by atoms with E-state index < -0.39 is 17.5 Å². The fourth-order valence-electron chi connectivity index (χ4n) is 1.13. The van der Waals surface area contributed by atoms with Gasteiger partial charge in [-0.3, -0.25) is 0 Å². The van der Waals surface area contributed by atoms with E-state index in [1.807, 2.05) is 0 Å². The van der Waals surface area contributed by atoms with Crippen molar-refractivity contribution in [3.8, 4) is 11.4 Å². The summed E-state index contributed by atoms with van der Waals surface area (Å²) in [4.78, 5) is 7.48. The van der Waals surface area contributed by atoms with Gasteiger partial charge >= 0.3 is 0 Å². The normalized spacial score (nSPS) is 9.12. The van der Waals surface area contributed by atoms with Gasteiger partial charge in [0, 0.05) is 18.5 Å². The van der Waals surface area contributed by atoms with E-state index in [2.05, 4.69) is 9.97 Å². The lowest BCUT2D eigenvalue weighted by Crippen LogP contribution is -1.94. The molecule has 0 spiro atoms. The molecule has 0 aliphatic carbocycles. The van der Waals surface area contributed by atoms with Gasteiger partial charge in [0.1, 0.15) is 5.82 Å². The molecule has 2 rings (SSSR count). The molecule has 0 radical (unpaired) electrons. The van der Waals surface area contributed by atoms with Gasteiger partial charge in [0.2, 0.25) is 0 Å². The second-order valence-corrected chi connectivity index (χ2v) is 2.82. The van der Waals surface area contributed by atoms with Crippen molar-refractivity contribution >= 4 is 24.8 Å². The molecule has 0 unspecified atom stereocenters. The third kappa shape index (κ3) is 3.31. The Kier molecular flexibility index (Phi) is 5.91. The minimum absolute atomic E-state index is 0. The third-order valence-electron chi connectivity index (χ3n) is 1.82.